The summed E-state index contributed by atoms with van der Waals surface area (Å²) in [6, 6.07) is 8.64. The maximum atomic E-state index is 13.2. The number of carbonyl (C=O) groups is 1. The average molecular weight is 495 g/mol. The second-order valence-corrected chi connectivity index (χ2v) is 12.4. The third kappa shape index (κ3) is 3.31. The molecule has 0 radical (unpaired) electrons. The van der Waals surface area contributed by atoms with Gasteiger partial charge in [0, 0.05) is 36.2 Å². The van der Waals surface area contributed by atoms with Crippen LogP contribution >= 0.6 is 0 Å². The molecule has 0 aromatic heterocycles. The number of benzene rings is 1. The molecule has 2 heterocycles. The number of hydrogen-bond acceptors (Lipinski definition) is 6. The molecule has 6 nitrogen and oxygen atoms in total. The molecule has 0 bridgehead atoms. The van der Waals surface area contributed by atoms with Gasteiger partial charge in [-0.15, -0.1) is 0 Å². The van der Waals surface area contributed by atoms with Crippen LogP contribution in [0.5, 0.6) is 0 Å². The third-order valence-corrected chi connectivity index (χ3v) is 10.6. The fraction of sp³-hybridized carbons (Fsp3) is 0.700. The Bertz CT molecular complexity index is 1090. The van der Waals surface area contributed by atoms with Crippen molar-refractivity contribution in [1.29, 1.82) is 0 Å². The molecular weight excluding hydrogens is 456 g/mol. The van der Waals surface area contributed by atoms with Gasteiger partial charge in [0.05, 0.1) is 32.0 Å². The second kappa shape index (κ2) is 7.97. The molecule has 0 amide bonds. The lowest BCUT2D eigenvalue weighted by Crippen LogP contribution is -2.53. The van der Waals surface area contributed by atoms with Crippen molar-refractivity contribution in [3.8, 4) is 0 Å². The van der Waals surface area contributed by atoms with Gasteiger partial charge >= 0.3 is 0 Å². The zero-order valence-electron chi connectivity index (χ0n) is 21.5. The molecule has 194 valence electrons. The molecule has 1 N–H and O–H groups in total. The molecule has 4 aliphatic carbocycles. The Morgan fingerprint density at radius 1 is 0.889 bits per heavy atom. The highest BCUT2D eigenvalue weighted by atomic mass is 16.7. The summed E-state index contributed by atoms with van der Waals surface area (Å²) < 4.78 is 23.8. The highest BCUT2D eigenvalue weighted by Crippen LogP contribution is 2.64. The second-order valence-electron chi connectivity index (χ2n) is 12.4. The van der Waals surface area contributed by atoms with Crippen LogP contribution in [0, 0.1) is 17.3 Å². The van der Waals surface area contributed by atoms with E-state index in [1.54, 1.807) is 0 Å². The van der Waals surface area contributed by atoms with E-state index in [2.05, 4.69) is 31.2 Å². The van der Waals surface area contributed by atoms with Crippen LogP contribution in [-0.4, -0.2) is 48.7 Å². The van der Waals surface area contributed by atoms with Gasteiger partial charge in [0.25, 0.3) is 0 Å². The van der Waals surface area contributed by atoms with Gasteiger partial charge in [-0.25, -0.2) is 0 Å². The highest BCUT2D eigenvalue weighted by molar-refractivity contribution is 5.87. The predicted octanol–water partition coefficient (Wildman–Crippen LogP) is 4.74. The molecule has 5 fully saturated rings. The summed E-state index contributed by atoms with van der Waals surface area (Å²) in [5, 5.41) is 12.1. The van der Waals surface area contributed by atoms with Crippen molar-refractivity contribution in [3.05, 3.63) is 46.5 Å². The largest absolute Gasteiger partial charge is 0.385 e. The van der Waals surface area contributed by atoms with E-state index in [1.807, 2.05) is 6.92 Å². The molecule has 36 heavy (non-hydrogen) atoms. The number of allylic oxidation sites excluding steroid dienone is 1. The minimum absolute atomic E-state index is 0.131. The van der Waals surface area contributed by atoms with Gasteiger partial charge in [-0.2, -0.15) is 0 Å². The first-order chi connectivity index (χ1) is 17.3. The van der Waals surface area contributed by atoms with Crippen molar-refractivity contribution >= 4 is 5.78 Å². The van der Waals surface area contributed by atoms with Crippen molar-refractivity contribution < 1.29 is 28.8 Å². The lowest BCUT2D eigenvalue weighted by Gasteiger charge is -2.55. The van der Waals surface area contributed by atoms with E-state index in [9.17, 15) is 9.90 Å². The molecule has 6 heteroatoms. The van der Waals surface area contributed by atoms with Gasteiger partial charge in [-0.05, 0) is 62.0 Å². The molecule has 1 aromatic rings. The summed E-state index contributed by atoms with van der Waals surface area (Å²) in [4.78, 5) is 13.2. The van der Waals surface area contributed by atoms with Crippen molar-refractivity contribution in [2.75, 3.05) is 26.4 Å². The van der Waals surface area contributed by atoms with Crippen molar-refractivity contribution in [1.82, 2.24) is 0 Å². The van der Waals surface area contributed by atoms with Crippen LogP contribution in [0.15, 0.2) is 35.4 Å². The van der Waals surface area contributed by atoms with Crippen LogP contribution in [0.25, 0.3) is 0 Å². The Labute approximate surface area is 213 Å². The number of ether oxygens (including phenoxy) is 4. The molecule has 3 unspecified atom stereocenters. The molecular formula is C30H38O6. The fourth-order valence-corrected chi connectivity index (χ4v) is 8.78. The first-order valence-electron chi connectivity index (χ1n) is 13.9. The fourth-order valence-electron chi connectivity index (χ4n) is 8.78. The topological polar surface area (TPSA) is 74.2 Å². The molecule has 6 aliphatic rings. The summed E-state index contributed by atoms with van der Waals surface area (Å²) in [5.74, 6) is -0.0406. The lowest BCUT2D eigenvalue weighted by molar-refractivity contribution is -0.208. The van der Waals surface area contributed by atoms with E-state index in [-0.39, 0.29) is 11.3 Å². The number of hydrogen-bond donors (Lipinski definition) is 1. The van der Waals surface area contributed by atoms with Crippen LogP contribution in [-0.2, 0) is 29.5 Å². The summed E-state index contributed by atoms with van der Waals surface area (Å²) in [5.41, 5.74) is 3.71. The van der Waals surface area contributed by atoms with Gasteiger partial charge in [0.1, 0.15) is 5.78 Å². The van der Waals surface area contributed by atoms with Crippen molar-refractivity contribution in [2.24, 2.45) is 17.3 Å². The van der Waals surface area contributed by atoms with Crippen LogP contribution in [0.2, 0.25) is 0 Å². The molecule has 2 aliphatic heterocycles. The number of carbonyl (C=O) groups excluding carboxylic acids is 1. The smallest absolute Gasteiger partial charge is 0.192 e. The van der Waals surface area contributed by atoms with Gasteiger partial charge in [-0.1, -0.05) is 36.8 Å². The van der Waals surface area contributed by atoms with Crippen LogP contribution in [0.1, 0.15) is 82.3 Å². The SMILES string of the molecule is CC1(c2ccc(C3C[C@]4(C)C(=O)CCC4C4CC[C@@]5(O)CC6(CCC5=C34)OCCO6)cc2)OCCO1. The summed E-state index contributed by atoms with van der Waals surface area (Å²) in [6.07, 6.45) is 6.25. The number of Topliss-reactive ketones (excluding diaryl/α,β-unsaturated/α-hetero) is 1. The predicted molar refractivity (Wildman–Crippen MR) is 132 cm³/mol. The molecule has 1 aromatic carbocycles. The van der Waals surface area contributed by atoms with E-state index in [1.165, 1.54) is 16.7 Å². The number of rotatable bonds is 2. The molecule has 7 rings (SSSR count). The van der Waals surface area contributed by atoms with Crippen LogP contribution in [0.3, 0.4) is 0 Å². The van der Waals surface area contributed by atoms with Crippen molar-refractivity contribution in [3.63, 3.8) is 0 Å². The van der Waals surface area contributed by atoms with Crippen molar-refractivity contribution in [2.45, 2.75) is 88.3 Å². The Balaban J connectivity index is 1.31. The van der Waals surface area contributed by atoms with Gasteiger partial charge in [0.15, 0.2) is 11.6 Å². The van der Waals surface area contributed by atoms with Gasteiger partial charge in [-0.3, -0.25) is 4.79 Å². The maximum absolute atomic E-state index is 13.2. The van der Waals surface area contributed by atoms with E-state index < -0.39 is 17.2 Å². The quantitative estimate of drug-likeness (QED) is 0.599. The number of fused-ring (bicyclic) bond motifs is 4. The number of ketones is 1. The molecule has 1 spiro atoms. The number of aliphatic hydroxyl groups is 1. The zero-order chi connectivity index (χ0) is 24.8. The van der Waals surface area contributed by atoms with Crippen LogP contribution in [0.4, 0.5) is 0 Å². The lowest BCUT2D eigenvalue weighted by atomic mass is 9.51. The van der Waals surface area contributed by atoms with Crippen LogP contribution < -0.4 is 0 Å². The molecule has 5 atom stereocenters. The molecule has 3 saturated carbocycles. The zero-order valence-corrected chi connectivity index (χ0v) is 21.5. The van der Waals surface area contributed by atoms with E-state index in [4.69, 9.17) is 18.9 Å². The normalized spacial score (nSPS) is 40.9. The van der Waals surface area contributed by atoms with E-state index in [0.717, 1.165) is 44.1 Å². The van der Waals surface area contributed by atoms with E-state index >= 15 is 0 Å². The first kappa shape index (κ1) is 23.5. The summed E-state index contributed by atoms with van der Waals surface area (Å²) in [7, 11) is 0. The summed E-state index contributed by atoms with van der Waals surface area (Å²) >= 11 is 0. The van der Waals surface area contributed by atoms with E-state index in [0.29, 0.717) is 56.9 Å². The maximum Gasteiger partial charge on any atom is 0.192 e. The monoisotopic (exact) mass is 494 g/mol. The summed E-state index contributed by atoms with van der Waals surface area (Å²) in [6.45, 7) is 6.62. The van der Waals surface area contributed by atoms with Gasteiger partial charge in [0.2, 0.25) is 0 Å². The third-order valence-electron chi connectivity index (χ3n) is 10.6. The van der Waals surface area contributed by atoms with Gasteiger partial charge < -0.3 is 24.1 Å². The minimum Gasteiger partial charge on any atom is -0.385 e. The standard InChI is InChI=1S/C30H38O6/c1-27-17-22(19-3-5-20(6-4-19)28(2)33-13-14-34-28)26-21(23(27)7-8-25(27)31)9-11-29(32)18-30(12-10-24(26)29)35-15-16-36-30/h3-6,21-23,32H,7-18H2,1-2H3/t21?,22?,23?,27-,29+/m0/s1. The Morgan fingerprint density at radius 3 is 2.31 bits per heavy atom. The minimum atomic E-state index is -0.887. The Morgan fingerprint density at radius 2 is 1.58 bits per heavy atom. The highest BCUT2D eigenvalue weighted by Gasteiger charge is 2.60. The molecule has 2 saturated heterocycles. The Hall–Kier alpha value is -1.57. The first-order valence-corrected chi connectivity index (χ1v) is 13.9. The Kier molecular flexibility index (Phi) is 5.21. The average Bonchev–Trinajstić information content (AvgIpc) is 3.58.